The number of nitrogens with zero attached hydrogens (tertiary/aromatic N) is 4. The standard InChI is InChI=1S/C22H14F2N4O/c1-13-20(14-6-8-15(23)9-7-14)21-25-12-16-18(28(21)26-13)10-11-27(22(16)29)19-5-3-2-4-17(19)24/h2-12H,1H3. The quantitative estimate of drug-likeness (QED) is 0.453. The van der Waals surface area contributed by atoms with Crippen LogP contribution in [0.4, 0.5) is 8.78 Å². The third-order valence-corrected chi connectivity index (χ3v) is 4.93. The van der Waals surface area contributed by atoms with Gasteiger partial charge in [0.05, 0.1) is 22.3 Å². The number of fused-ring (bicyclic) bond motifs is 3. The van der Waals surface area contributed by atoms with Gasteiger partial charge >= 0.3 is 0 Å². The normalized spacial score (nSPS) is 11.4. The van der Waals surface area contributed by atoms with Crippen molar-refractivity contribution in [2.75, 3.05) is 0 Å². The Morgan fingerprint density at radius 2 is 1.72 bits per heavy atom. The molecule has 0 aliphatic carbocycles. The molecule has 5 rings (SSSR count). The van der Waals surface area contributed by atoms with Crippen LogP contribution in [0.15, 0.2) is 71.8 Å². The average Bonchev–Trinajstić information content (AvgIpc) is 3.06. The summed E-state index contributed by atoms with van der Waals surface area (Å²) < 4.78 is 30.3. The van der Waals surface area contributed by atoms with Crippen LogP contribution >= 0.6 is 0 Å². The molecule has 0 aliphatic heterocycles. The molecular formula is C22H14F2N4O. The van der Waals surface area contributed by atoms with Gasteiger partial charge in [0.2, 0.25) is 0 Å². The Bertz CT molecular complexity index is 1450. The summed E-state index contributed by atoms with van der Waals surface area (Å²) >= 11 is 0. The molecule has 29 heavy (non-hydrogen) atoms. The first-order valence-electron chi connectivity index (χ1n) is 8.95. The topological polar surface area (TPSA) is 52.2 Å². The number of aryl methyl sites for hydroxylation is 1. The summed E-state index contributed by atoms with van der Waals surface area (Å²) in [5, 5.41) is 4.86. The largest absolute Gasteiger partial charge is 0.281 e. The first-order valence-corrected chi connectivity index (χ1v) is 8.95. The summed E-state index contributed by atoms with van der Waals surface area (Å²) in [6.07, 6.45) is 3.00. The Morgan fingerprint density at radius 1 is 0.966 bits per heavy atom. The first-order chi connectivity index (χ1) is 14.0. The molecule has 0 N–H and O–H groups in total. The van der Waals surface area contributed by atoms with Crippen molar-refractivity contribution in [1.29, 1.82) is 0 Å². The van der Waals surface area contributed by atoms with Crippen LogP contribution < -0.4 is 5.56 Å². The van der Waals surface area contributed by atoms with E-state index >= 15 is 0 Å². The maximum atomic E-state index is 14.2. The molecule has 0 spiro atoms. The van der Waals surface area contributed by atoms with Gasteiger partial charge in [-0.1, -0.05) is 24.3 Å². The molecule has 0 saturated carbocycles. The minimum Gasteiger partial charge on any atom is -0.281 e. The van der Waals surface area contributed by atoms with Crippen molar-refractivity contribution < 1.29 is 8.78 Å². The Hall–Kier alpha value is -3.87. The fourth-order valence-corrected chi connectivity index (χ4v) is 3.57. The zero-order valence-electron chi connectivity index (χ0n) is 15.3. The lowest BCUT2D eigenvalue weighted by Gasteiger charge is -2.09. The summed E-state index contributed by atoms with van der Waals surface area (Å²) in [4.78, 5) is 17.4. The minimum absolute atomic E-state index is 0.170. The van der Waals surface area contributed by atoms with Crippen molar-refractivity contribution in [1.82, 2.24) is 19.2 Å². The number of halogens is 2. The van der Waals surface area contributed by atoms with Crippen molar-refractivity contribution in [2.24, 2.45) is 0 Å². The van der Waals surface area contributed by atoms with Crippen molar-refractivity contribution >= 4 is 16.6 Å². The molecule has 142 valence electrons. The van der Waals surface area contributed by atoms with Gasteiger partial charge in [-0.15, -0.1) is 0 Å². The van der Waals surface area contributed by atoms with E-state index in [9.17, 15) is 13.6 Å². The third kappa shape index (κ3) is 2.62. The molecule has 7 heteroatoms. The molecule has 5 aromatic rings. The number of hydrogen-bond donors (Lipinski definition) is 0. The van der Waals surface area contributed by atoms with E-state index in [2.05, 4.69) is 10.1 Å². The van der Waals surface area contributed by atoms with Crippen molar-refractivity contribution in [3.05, 3.63) is 94.7 Å². The lowest BCUT2D eigenvalue weighted by molar-refractivity contribution is 0.616. The van der Waals surface area contributed by atoms with Gasteiger partial charge < -0.3 is 0 Å². The maximum absolute atomic E-state index is 14.2. The highest BCUT2D eigenvalue weighted by Gasteiger charge is 2.17. The van der Waals surface area contributed by atoms with Crippen molar-refractivity contribution in [2.45, 2.75) is 6.92 Å². The van der Waals surface area contributed by atoms with E-state index in [1.165, 1.54) is 35.2 Å². The third-order valence-electron chi connectivity index (χ3n) is 4.93. The number of para-hydroxylation sites is 1. The summed E-state index contributed by atoms with van der Waals surface area (Å²) in [7, 11) is 0. The SMILES string of the molecule is Cc1nn2c(ncc3c(=O)n(-c4ccccc4F)ccc32)c1-c1ccc(F)cc1. The van der Waals surface area contributed by atoms with Crippen LogP contribution in [0.1, 0.15) is 5.69 Å². The van der Waals surface area contributed by atoms with Gasteiger partial charge in [0, 0.05) is 18.0 Å². The van der Waals surface area contributed by atoms with Crippen molar-refractivity contribution in [3.8, 4) is 16.8 Å². The summed E-state index contributed by atoms with van der Waals surface area (Å²) in [5.74, 6) is -0.813. The number of pyridine rings is 1. The van der Waals surface area contributed by atoms with Crippen LogP contribution in [0.25, 0.3) is 33.4 Å². The highest BCUT2D eigenvalue weighted by molar-refractivity contribution is 5.86. The van der Waals surface area contributed by atoms with Crippen LogP contribution in [-0.2, 0) is 0 Å². The molecule has 0 aliphatic rings. The van der Waals surface area contributed by atoms with Gasteiger partial charge in [0.25, 0.3) is 5.56 Å². The second-order valence-electron chi connectivity index (χ2n) is 6.70. The zero-order valence-corrected chi connectivity index (χ0v) is 15.3. The highest BCUT2D eigenvalue weighted by atomic mass is 19.1. The molecule has 0 amide bonds. The fraction of sp³-hybridized carbons (Fsp3) is 0.0455. The molecule has 2 aromatic carbocycles. The molecule has 0 radical (unpaired) electrons. The van der Waals surface area contributed by atoms with E-state index in [1.54, 1.807) is 40.9 Å². The van der Waals surface area contributed by atoms with Gasteiger partial charge in [-0.2, -0.15) is 5.10 Å². The first kappa shape index (κ1) is 17.2. The fourth-order valence-electron chi connectivity index (χ4n) is 3.57. The Labute approximate surface area is 163 Å². The zero-order chi connectivity index (χ0) is 20.1. The Balaban J connectivity index is 1.78. The molecule has 5 nitrogen and oxygen atoms in total. The monoisotopic (exact) mass is 388 g/mol. The van der Waals surface area contributed by atoms with Gasteiger partial charge in [0.15, 0.2) is 5.65 Å². The lowest BCUT2D eigenvalue weighted by Crippen LogP contribution is -2.19. The second-order valence-corrected chi connectivity index (χ2v) is 6.70. The van der Waals surface area contributed by atoms with E-state index in [-0.39, 0.29) is 11.5 Å². The van der Waals surface area contributed by atoms with Crippen LogP contribution in [0.5, 0.6) is 0 Å². The highest BCUT2D eigenvalue weighted by Crippen LogP contribution is 2.28. The summed E-state index contributed by atoms with van der Waals surface area (Å²) in [6.45, 7) is 1.83. The van der Waals surface area contributed by atoms with E-state index < -0.39 is 11.4 Å². The molecule has 3 heterocycles. The lowest BCUT2D eigenvalue weighted by atomic mass is 10.1. The van der Waals surface area contributed by atoms with Crippen LogP contribution in [-0.4, -0.2) is 19.2 Å². The number of aromatic nitrogens is 4. The van der Waals surface area contributed by atoms with Crippen LogP contribution in [0.2, 0.25) is 0 Å². The number of rotatable bonds is 2. The smallest absolute Gasteiger partial charge is 0.266 e. The molecule has 0 fully saturated rings. The van der Waals surface area contributed by atoms with Gasteiger partial charge in [0.1, 0.15) is 11.6 Å². The van der Waals surface area contributed by atoms with E-state index in [1.807, 2.05) is 6.92 Å². The number of benzene rings is 2. The number of hydrogen-bond acceptors (Lipinski definition) is 3. The molecular weight excluding hydrogens is 374 g/mol. The van der Waals surface area contributed by atoms with Gasteiger partial charge in [-0.25, -0.2) is 18.3 Å². The van der Waals surface area contributed by atoms with Gasteiger partial charge in [-0.05, 0) is 42.8 Å². The van der Waals surface area contributed by atoms with Crippen molar-refractivity contribution in [3.63, 3.8) is 0 Å². The maximum Gasteiger partial charge on any atom is 0.266 e. The van der Waals surface area contributed by atoms with E-state index in [4.69, 9.17) is 0 Å². The molecule has 0 saturated heterocycles. The molecule has 3 aromatic heterocycles. The molecule has 0 bridgehead atoms. The average molecular weight is 388 g/mol. The second kappa shape index (κ2) is 6.34. The van der Waals surface area contributed by atoms with Crippen LogP contribution in [0.3, 0.4) is 0 Å². The summed E-state index contributed by atoms with van der Waals surface area (Å²) in [5.41, 5.74) is 3.15. The predicted octanol–water partition coefficient (Wildman–Crippen LogP) is 4.29. The summed E-state index contributed by atoms with van der Waals surface area (Å²) in [6, 6.07) is 13.9. The van der Waals surface area contributed by atoms with Crippen LogP contribution in [0, 0.1) is 18.6 Å². The molecule has 0 unspecified atom stereocenters. The molecule has 0 atom stereocenters. The predicted molar refractivity (Wildman–Crippen MR) is 106 cm³/mol. The van der Waals surface area contributed by atoms with E-state index in [0.29, 0.717) is 22.2 Å². The minimum atomic E-state index is -0.489. The Kier molecular flexibility index (Phi) is 3.77. The Morgan fingerprint density at radius 3 is 2.48 bits per heavy atom. The van der Waals surface area contributed by atoms with E-state index in [0.717, 1.165) is 11.1 Å². The van der Waals surface area contributed by atoms with Gasteiger partial charge in [-0.3, -0.25) is 9.36 Å².